The van der Waals surface area contributed by atoms with Crippen LogP contribution in [0.2, 0.25) is 0 Å². The summed E-state index contributed by atoms with van der Waals surface area (Å²) in [4.78, 5) is 11.4. The number of halogens is 1. The quantitative estimate of drug-likeness (QED) is 0.255. The van der Waals surface area contributed by atoms with Crippen molar-refractivity contribution in [3.05, 3.63) is 12.2 Å². The number of quaternary nitrogens is 1. The van der Waals surface area contributed by atoms with Gasteiger partial charge >= 0.3 is 5.97 Å². The van der Waals surface area contributed by atoms with Crippen LogP contribution in [0.15, 0.2) is 12.2 Å². The van der Waals surface area contributed by atoms with Gasteiger partial charge in [0.15, 0.2) is 0 Å². The van der Waals surface area contributed by atoms with Crippen LogP contribution in [-0.4, -0.2) is 26.2 Å². The predicted molar refractivity (Wildman–Crippen MR) is 93.8 cm³/mol. The first-order valence-corrected chi connectivity index (χ1v) is 9.22. The molecule has 0 aromatic heterocycles. The molecule has 1 atom stereocenters. The fourth-order valence-electron chi connectivity index (χ4n) is 2.72. The first-order chi connectivity index (χ1) is 10.6. The fraction of sp³-hybridized carbons (Fsp3) is 0.842. The molecule has 23 heavy (non-hydrogen) atoms. The van der Waals surface area contributed by atoms with E-state index in [9.17, 15) is 4.79 Å². The first kappa shape index (κ1) is 24.9. The molecule has 4 heteroatoms. The van der Waals surface area contributed by atoms with Gasteiger partial charge in [0.25, 0.3) is 0 Å². The normalized spacial score (nSPS) is 11.6. The van der Waals surface area contributed by atoms with Gasteiger partial charge in [-0.1, -0.05) is 64.9 Å². The third-order valence-electron chi connectivity index (χ3n) is 4.14. The molecule has 3 nitrogen and oxygen atoms in total. The lowest BCUT2D eigenvalue weighted by Gasteiger charge is -2.14. The maximum absolute atomic E-state index is 11.4. The van der Waals surface area contributed by atoms with E-state index in [0.29, 0.717) is 18.1 Å². The average molecular weight is 392 g/mol. The summed E-state index contributed by atoms with van der Waals surface area (Å²) in [6.45, 7) is 9.22. The highest BCUT2D eigenvalue weighted by molar-refractivity contribution is 5.86. The van der Waals surface area contributed by atoms with E-state index in [-0.39, 0.29) is 23.0 Å². The maximum atomic E-state index is 11.4. The zero-order valence-electron chi connectivity index (χ0n) is 15.5. The van der Waals surface area contributed by atoms with Crippen molar-refractivity contribution in [3.63, 3.8) is 0 Å². The number of rotatable bonds is 15. The van der Waals surface area contributed by atoms with Gasteiger partial charge in [-0.25, -0.2) is 4.79 Å². The van der Waals surface area contributed by atoms with Gasteiger partial charge in [0.05, 0.1) is 20.2 Å². The van der Waals surface area contributed by atoms with Crippen LogP contribution in [0.1, 0.15) is 78.1 Å². The van der Waals surface area contributed by atoms with E-state index >= 15 is 0 Å². The van der Waals surface area contributed by atoms with Crippen LogP contribution in [0.4, 0.5) is 0 Å². The predicted octanol–water partition coefficient (Wildman–Crippen LogP) is 0.840. The molecule has 0 aromatic carbocycles. The molecule has 0 aliphatic heterocycles. The molecular formula is C19H38BrNO2. The van der Waals surface area contributed by atoms with Gasteiger partial charge in [0, 0.05) is 11.5 Å². The molecule has 0 saturated heterocycles. The van der Waals surface area contributed by atoms with Crippen LogP contribution in [0, 0.1) is 5.92 Å². The van der Waals surface area contributed by atoms with Gasteiger partial charge in [0.1, 0.15) is 0 Å². The molecule has 0 heterocycles. The monoisotopic (exact) mass is 391 g/mol. The Balaban J connectivity index is 0. The van der Waals surface area contributed by atoms with E-state index in [1.165, 1.54) is 57.8 Å². The van der Waals surface area contributed by atoms with Crippen LogP contribution >= 0.6 is 0 Å². The van der Waals surface area contributed by atoms with Crippen molar-refractivity contribution >= 4 is 5.97 Å². The molecule has 0 saturated carbocycles. The summed E-state index contributed by atoms with van der Waals surface area (Å²) in [6, 6.07) is 0. The van der Waals surface area contributed by atoms with E-state index in [1.54, 1.807) is 6.92 Å². The topological polar surface area (TPSA) is 42.9 Å². The summed E-state index contributed by atoms with van der Waals surface area (Å²) < 4.78 is 5.21. The van der Waals surface area contributed by atoms with Gasteiger partial charge in [0.2, 0.25) is 0 Å². The molecule has 0 radical (unpaired) electrons. The van der Waals surface area contributed by atoms with Crippen molar-refractivity contribution in [1.82, 2.24) is 0 Å². The number of hydrogen-bond donors (Lipinski definition) is 1. The highest BCUT2D eigenvalue weighted by Crippen LogP contribution is 2.15. The molecule has 2 N–H and O–H groups in total. The smallest absolute Gasteiger partial charge is 0.333 e. The number of unbranched alkanes of at least 4 members (excludes halogenated alkanes) is 7. The van der Waals surface area contributed by atoms with E-state index in [0.717, 1.165) is 13.0 Å². The lowest BCUT2D eigenvalue weighted by molar-refractivity contribution is -0.633. The van der Waals surface area contributed by atoms with Gasteiger partial charge in [-0.2, -0.15) is 0 Å². The van der Waals surface area contributed by atoms with Gasteiger partial charge in [-0.3, -0.25) is 0 Å². The Morgan fingerprint density at radius 1 is 1.04 bits per heavy atom. The lowest BCUT2D eigenvalue weighted by atomic mass is 9.97. The van der Waals surface area contributed by atoms with Crippen molar-refractivity contribution in [3.8, 4) is 0 Å². The van der Waals surface area contributed by atoms with Crippen LogP contribution in [-0.2, 0) is 9.53 Å². The molecule has 0 bridgehead atoms. The Hall–Kier alpha value is -0.350. The molecule has 0 aliphatic carbocycles. The zero-order chi connectivity index (χ0) is 16.6. The second-order valence-corrected chi connectivity index (χ2v) is 6.48. The number of nitrogens with two attached hydrogens (primary N) is 1. The van der Waals surface area contributed by atoms with Crippen molar-refractivity contribution in [1.29, 1.82) is 0 Å². The molecule has 0 spiro atoms. The zero-order valence-corrected chi connectivity index (χ0v) is 17.1. The summed E-state index contributed by atoms with van der Waals surface area (Å²) in [7, 11) is 2.11. The number of ether oxygens (including phenoxy) is 1. The second-order valence-electron chi connectivity index (χ2n) is 6.48. The molecule has 0 rings (SSSR count). The number of esters is 1. The highest BCUT2D eigenvalue weighted by atomic mass is 79.9. The number of hydrogen-bond acceptors (Lipinski definition) is 2. The van der Waals surface area contributed by atoms with E-state index in [1.807, 2.05) is 0 Å². The number of carbonyl (C=O) groups excluding carboxylic acids is 1. The van der Waals surface area contributed by atoms with Crippen LogP contribution in [0.3, 0.4) is 0 Å². The number of carbonyl (C=O) groups is 1. The van der Waals surface area contributed by atoms with Gasteiger partial charge in [-0.15, -0.1) is 0 Å². The molecule has 0 amide bonds. The third-order valence-corrected chi connectivity index (χ3v) is 4.14. The maximum Gasteiger partial charge on any atom is 0.333 e. The van der Waals surface area contributed by atoms with E-state index in [4.69, 9.17) is 4.74 Å². The molecule has 0 fully saturated rings. The minimum Gasteiger partial charge on any atom is -1.00 e. The third kappa shape index (κ3) is 16.3. The SMILES string of the molecule is C=C(C)C(=O)OCCC(CCCCCCCCCC)C[NH2+]C.[Br-]. The summed E-state index contributed by atoms with van der Waals surface area (Å²) in [6.07, 6.45) is 13.2. The van der Waals surface area contributed by atoms with Crippen LogP contribution < -0.4 is 22.3 Å². The Morgan fingerprint density at radius 2 is 1.61 bits per heavy atom. The summed E-state index contributed by atoms with van der Waals surface area (Å²) in [5.74, 6) is 0.398. The molecule has 138 valence electrons. The van der Waals surface area contributed by atoms with Gasteiger partial charge < -0.3 is 27.0 Å². The van der Waals surface area contributed by atoms with Crippen molar-refractivity contribution in [2.75, 3.05) is 20.2 Å². The second kappa shape index (κ2) is 18.0. The van der Waals surface area contributed by atoms with Crippen molar-refractivity contribution in [2.24, 2.45) is 5.92 Å². The Morgan fingerprint density at radius 3 is 2.13 bits per heavy atom. The largest absolute Gasteiger partial charge is 1.00 e. The Labute approximate surface area is 154 Å². The molecular weight excluding hydrogens is 354 g/mol. The Kier molecular flexibility index (Phi) is 19.5. The Bertz CT molecular complexity index is 295. The van der Waals surface area contributed by atoms with Crippen molar-refractivity contribution < 1.29 is 31.8 Å². The molecule has 0 aromatic rings. The highest BCUT2D eigenvalue weighted by Gasteiger charge is 2.11. The van der Waals surface area contributed by atoms with Crippen LogP contribution in [0.25, 0.3) is 0 Å². The van der Waals surface area contributed by atoms with E-state index < -0.39 is 0 Å². The first-order valence-electron chi connectivity index (χ1n) is 9.22. The molecule has 1 unspecified atom stereocenters. The lowest BCUT2D eigenvalue weighted by Crippen LogP contribution is -3.00. The summed E-state index contributed by atoms with van der Waals surface area (Å²) in [5.41, 5.74) is 0.488. The minimum absolute atomic E-state index is 0. The minimum atomic E-state index is -0.258. The fourth-order valence-corrected chi connectivity index (χ4v) is 2.72. The summed E-state index contributed by atoms with van der Waals surface area (Å²) >= 11 is 0. The van der Waals surface area contributed by atoms with E-state index in [2.05, 4.69) is 25.9 Å². The van der Waals surface area contributed by atoms with Crippen LogP contribution in [0.5, 0.6) is 0 Å². The van der Waals surface area contributed by atoms with Crippen molar-refractivity contribution in [2.45, 2.75) is 78.1 Å². The summed E-state index contributed by atoms with van der Waals surface area (Å²) in [5, 5.41) is 2.23. The average Bonchev–Trinajstić information content (AvgIpc) is 2.49. The van der Waals surface area contributed by atoms with Gasteiger partial charge in [-0.05, 0) is 19.8 Å². The molecule has 0 aliphatic rings. The standard InChI is InChI=1S/C19H37NO2.BrH/c1-5-6-7-8-9-10-11-12-13-18(16-20-4)14-15-22-19(21)17(2)3;/h18,20H,2,5-16H2,1,3-4H3;1H.